The van der Waals surface area contributed by atoms with E-state index in [1.807, 2.05) is 5.32 Å². The number of hydrogen-bond acceptors (Lipinski definition) is 4. The van der Waals surface area contributed by atoms with Gasteiger partial charge < -0.3 is 10.6 Å². The molecule has 0 aliphatic rings. The fourth-order valence-electron chi connectivity index (χ4n) is 2.05. The molecule has 0 heterocycles. The lowest BCUT2D eigenvalue weighted by Crippen LogP contribution is -2.33. The lowest BCUT2D eigenvalue weighted by atomic mass is 10.2. The molecule has 0 aliphatic carbocycles. The van der Waals surface area contributed by atoms with Crippen LogP contribution in [0.15, 0.2) is 47.4 Å². The number of benzene rings is 2. The van der Waals surface area contributed by atoms with Gasteiger partial charge in [-0.25, -0.2) is 21.5 Å². The second-order valence-corrected chi connectivity index (χ2v) is 7.79. The van der Waals surface area contributed by atoms with E-state index in [0.29, 0.717) is 0 Å². The zero-order valence-electron chi connectivity index (χ0n) is 14.5. The van der Waals surface area contributed by atoms with Crippen LogP contribution in [0.25, 0.3) is 0 Å². The lowest BCUT2D eigenvalue weighted by Gasteiger charge is -2.12. The van der Waals surface area contributed by atoms with Crippen LogP contribution in [-0.4, -0.2) is 45.2 Å². The maximum absolute atomic E-state index is 13.5. The van der Waals surface area contributed by atoms with Crippen LogP contribution in [0, 0.1) is 11.6 Å². The number of carbonyl (C=O) groups excluding carboxylic acids is 2. The van der Waals surface area contributed by atoms with E-state index >= 15 is 0 Å². The van der Waals surface area contributed by atoms with Crippen LogP contribution >= 0.6 is 0 Å². The predicted octanol–water partition coefficient (Wildman–Crippen LogP) is 1.58. The van der Waals surface area contributed by atoms with Crippen LogP contribution in [0.4, 0.5) is 14.5 Å². The highest BCUT2D eigenvalue weighted by molar-refractivity contribution is 7.89. The Morgan fingerprint density at radius 2 is 1.56 bits per heavy atom. The average molecular weight is 397 g/mol. The Hall–Kier alpha value is -2.85. The first kappa shape index (κ1) is 20.5. The highest BCUT2D eigenvalue weighted by atomic mass is 32.2. The van der Waals surface area contributed by atoms with Crippen LogP contribution in [0.2, 0.25) is 0 Å². The van der Waals surface area contributed by atoms with Crippen molar-refractivity contribution in [2.45, 2.75) is 4.90 Å². The van der Waals surface area contributed by atoms with Gasteiger partial charge in [-0.2, -0.15) is 0 Å². The third-order valence-electron chi connectivity index (χ3n) is 3.53. The Morgan fingerprint density at radius 3 is 2.07 bits per heavy atom. The van der Waals surface area contributed by atoms with Gasteiger partial charge in [0.05, 0.1) is 11.4 Å². The zero-order valence-corrected chi connectivity index (χ0v) is 15.3. The first-order valence-electron chi connectivity index (χ1n) is 7.67. The molecule has 0 aromatic heterocycles. The van der Waals surface area contributed by atoms with Crippen molar-refractivity contribution < 1.29 is 26.8 Å². The second kappa shape index (κ2) is 8.23. The van der Waals surface area contributed by atoms with Crippen molar-refractivity contribution in [2.24, 2.45) is 0 Å². The second-order valence-electron chi connectivity index (χ2n) is 5.64. The number of amides is 2. The number of rotatable bonds is 6. The summed E-state index contributed by atoms with van der Waals surface area (Å²) < 4.78 is 51.9. The molecule has 0 bridgehead atoms. The van der Waals surface area contributed by atoms with Crippen molar-refractivity contribution in [1.82, 2.24) is 9.62 Å². The van der Waals surface area contributed by atoms with Gasteiger partial charge in [0.25, 0.3) is 5.91 Å². The highest BCUT2D eigenvalue weighted by Gasteiger charge is 2.18. The number of para-hydroxylation sites is 1. The molecule has 0 aliphatic heterocycles. The molecular weight excluding hydrogens is 380 g/mol. The molecule has 2 aromatic rings. The number of hydrogen-bond donors (Lipinski definition) is 2. The predicted molar refractivity (Wildman–Crippen MR) is 94.6 cm³/mol. The molecule has 2 amide bonds. The normalized spacial score (nSPS) is 11.3. The zero-order chi connectivity index (χ0) is 20.2. The number of anilines is 1. The minimum atomic E-state index is -3.62. The van der Waals surface area contributed by atoms with Crippen LogP contribution in [-0.2, 0) is 14.8 Å². The molecular formula is C17H17F2N3O4S. The van der Waals surface area contributed by atoms with Crippen molar-refractivity contribution in [3.63, 3.8) is 0 Å². The Labute approximate surface area is 155 Å². The molecule has 0 radical (unpaired) electrons. The minimum absolute atomic E-state index is 0.0109. The van der Waals surface area contributed by atoms with Crippen molar-refractivity contribution in [3.05, 3.63) is 59.7 Å². The molecule has 10 heteroatoms. The summed E-state index contributed by atoms with van der Waals surface area (Å²) >= 11 is 0. The van der Waals surface area contributed by atoms with E-state index in [9.17, 15) is 26.8 Å². The summed E-state index contributed by atoms with van der Waals surface area (Å²) in [5.41, 5.74) is -0.479. The lowest BCUT2D eigenvalue weighted by molar-refractivity contribution is -0.115. The summed E-state index contributed by atoms with van der Waals surface area (Å²) in [6, 6.07) is 8.24. The van der Waals surface area contributed by atoms with Gasteiger partial charge in [0.1, 0.15) is 17.3 Å². The van der Waals surface area contributed by atoms with Gasteiger partial charge >= 0.3 is 0 Å². The maximum Gasteiger partial charge on any atom is 0.251 e. The van der Waals surface area contributed by atoms with Gasteiger partial charge in [-0.05, 0) is 36.4 Å². The Morgan fingerprint density at radius 1 is 1.00 bits per heavy atom. The highest BCUT2D eigenvalue weighted by Crippen LogP contribution is 2.17. The van der Waals surface area contributed by atoms with E-state index in [0.717, 1.165) is 22.5 Å². The number of nitrogens with one attached hydrogen (secondary N) is 2. The van der Waals surface area contributed by atoms with Crippen molar-refractivity contribution in [1.29, 1.82) is 0 Å². The van der Waals surface area contributed by atoms with Crippen LogP contribution in [0.3, 0.4) is 0 Å². The van der Waals surface area contributed by atoms with Gasteiger partial charge in [0, 0.05) is 19.7 Å². The van der Waals surface area contributed by atoms with E-state index in [1.54, 1.807) is 0 Å². The molecule has 0 spiro atoms. The molecule has 0 fully saturated rings. The number of halogens is 2. The van der Waals surface area contributed by atoms with E-state index in [4.69, 9.17) is 0 Å². The summed E-state index contributed by atoms with van der Waals surface area (Å²) in [7, 11) is -0.858. The molecule has 2 aromatic carbocycles. The maximum atomic E-state index is 13.5. The third-order valence-corrected chi connectivity index (χ3v) is 5.36. The first-order valence-corrected chi connectivity index (χ1v) is 9.11. The summed E-state index contributed by atoms with van der Waals surface area (Å²) in [4.78, 5) is 23.8. The van der Waals surface area contributed by atoms with Gasteiger partial charge in [-0.15, -0.1) is 0 Å². The van der Waals surface area contributed by atoms with Gasteiger partial charge in [-0.1, -0.05) is 6.07 Å². The fourth-order valence-corrected chi connectivity index (χ4v) is 2.95. The molecule has 144 valence electrons. The molecule has 27 heavy (non-hydrogen) atoms. The first-order chi connectivity index (χ1) is 12.6. The molecule has 2 rings (SSSR count). The van der Waals surface area contributed by atoms with E-state index < -0.39 is 45.7 Å². The molecule has 0 atom stereocenters. The Balaban J connectivity index is 1.98. The summed E-state index contributed by atoms with van der Waals surface area (Å²) in [5, 5.41) is 4.32. The summed E-state index contributed by atoms with van der Waals surface area (Å²) in [6.45, 7) is -0.523. The van der Waals surface area contributed by atoms with Crippen LogP contribution in [0.5, 0.6) is 0 Å². The summed E-state index contributed by atoms with van der Waals surface area (Å²) in [6.07, 6.45) is 0. The SMILES string of the molecule is CN(C)S(=O)(=O)c1ccc(C(=O)NCC(=O)Nc2c(F)cccc2F)cc1. The topological polar surface area (TPSA) is 95.6 Å². The average Bonchev–Trinajstić information content (AvgIpc) is 2.63. The van der Waals surface area contributed by atoms with Crippen LogP contribution < -0.4 is 10.6 Å². The fraction of sp³-hybridized carbons (Fsp3) is 0.176. The van der Waals surface area contributed by atoms with E-state index in [1.165, 1.54) is 38.4 Å². The molecule has 2 N–H and O–H groups in total. The Bertz CT molecular complexity index is 940. The molecule has 0 unspecified atom stereocenters. The number of carbonyl (C=O) groups is 2. The quantitative estimate of drug-likeness (QED) is 0.774. The number of sulfonamides is 1. The summed E-state index contributed by atoms with van der Waals surface area (Å²) in [5.74, 6) is -3.34. The van der Waals surface area contributed by atoms with Crippen LogP contribution in [0.1, 0.15) is 10.4 Å². The molecule has 7 nitrogen and oxygen atoms in total. The Kier molecular flexibility index (Phi) is 6.24. The van der Waals surface area contributed by atoms with Gasteiger partial charge in [-0.3, -0.25) is 9.59 Å². The van der Waals surface area contributed by atoms with Crippen molar-refractivity contribution in [2.75, 3.05) is 26.0 Å². The van der Waals surface area contributed by atoms with Crippen molar-refractivity contribution in [3.8, 4) is 0 Å². The smallest absolute Gasteiger partial charge is 0.251 e. The molecule has 0 saturated heterocycles. The van der Waals surface area contributed by atoms with Gasteiger partial charge in [0.15, 0.2) is 0 Å². The number of nitrogens with zero attached hydrogens (tertiary/aromatic N) is 1. The monoisotopic (exact) mass is 397 g/mol. The standard InChI is InChI=1S/C17H17F2N3O4S/c1-22(2)27(25,26)12-8-6-11(7-9-12)17(24)20-10-15(23)21-16-13(18)4-3-5-14(16)19/h3-9H,10H2,1-2H3,(H,20,24)(H,21,23). The van der Waals surface area contributed by atoms with E-state index in [2.05, 4.69) is 5.32 Å². The van der Waals surface area contributed by atoms with Gasteiger partial charge in [0.2, 0.25) is 15.9 Å². The third kappa shape index (κ3) is 4.86. The van der Waals surface area contributed by atoms with E-state index in [-0.39, 0.29) is 10.5 Å². The van der Waals surface area contributed by atoms with Crippen molar-refractivity contribution >= 4 is 27.5 Å². The molecule has 0 saturated carbocycles. The minimum Gasteiger partial charge on any atom is -0.343 e. The largest absolute Gasteiger partial charge is 0.343 e.